The zero-order chi connectivity index (χ0) is 11.1. The monoisotopic (exact) mass is 227 g/mol. The molecule has 0 aliphatic rings. The van der Waals surface area contributed by atoms with Gasteiger partial charge in [-0.2, -0.15) is 0 Å². The first-order valence-electron chi connectivity index (χ1n) is 5.59. The zero-order valence-electron chi connectivity index (χ0n) is 9.82. The van der Waals surface area contributed by atoms with E-state index >= 15 is 0 Å². The molecule has 1 rings (SSSR count). The third-order valence-electron chi connectivity index (χ3n) is 2.46. The van der Waals surface area contributed by atoms with Gasteiger partial charge in [0, 0.05) is 17.8 Å². The first-order chi connectivity index (χ1) is 7.22. The highest BCUT2D eigenvalue weighted by Crippen LogP contribution is 2.17. The average molecular weight is 227 g/mol. The summed E-state index contributed by atoms with van der Waals surface area (Å²) in [6, 6.07) is 4.59. The lowest BCUT2D eigenvalue weighted by Crippen LogP contribution is -2.30. The van der Waals surface area contributed by atoms with Gasteiger partial charge in [0.2, 0.25) is 0 Å². The maximum absolute atomic E-state index is 5.29. The standard InChI is InChI=1S/C12H21NOS/c1-4-10(2)13-8-11(3)15-9-12-6-5-7-14-12/h5-7,10-11,13H,4,8-9H2,1-3H3. The smallest absolute Gasteiger partial charge is 0.113 e. The van der Waals surface area contributed by atoms with Crippen LogP contribution in [0.15, 0.2) is 22.8 Å². The van der Waals surface area contributed by atoms with Crippen molar-refractivity contribution in [2.45, 2.75) is 44.2 Å². The lowest BCUT2D eigenvalue weighted by atomic mass is 10.2. The van der Waals surface area contributed by atoms with E-state index in [9.17, 15) is 0 Å². The molecule has 0 amide bonds. The van der Waals surface area contributed by atoms with Gasteiger partial charge in [0.25, 0.3) is 0 Å². The summed E-state index contributed by atoms with van der Waals surface area (Å²) in [6.45, 7) is 7.76. The molecule has 1 aromatic rings. The van der Waals surface area contributed by atoms with Gasteiger partial charge in [-0.05, 0) is 25.5 Å². The van der Waals surface area contributed by atoms with E-state index in [4.69, 9.17) is 4.42 Å². The second-order valence-electron chi connectivity index (χ2n) is 3.92. The van der Waals surface area contributed by atoms with Crippen LogP contribution in [0.1, 0.15) is 33.0 Å². The molecule has 1 aromatic heterocycles. The molecule has 0 aromatic carbocycles. The van der Waals surface area contributed by atoms with E-state index in [0.29, 0.717) is 11.3 Å². The second-order valence-corrected chi connectivity index (χ2v) is 5.35. The predicted molar refractivity (Wildman–Crippen MR) is 67.2 cm³/mol. The van der Waals surface area contributed by atoms with Crippen LogP contribution in [0.5, 0.6) is 0 Å². The highest BCUT2D eigenvalue weighted by molar-refractivity contribution is 7.99. The topological polar surface area (TPSA) is 25.2 Å². The van der Waals surface area contributed by atoms with E-state index in [1.165, 1.54) is 6.42 Å². The van der Waals surface area contributed by atoms with E-state index in [-0.39, 0.29) is 0 Å². The van der Waals surface area contributed by atoms with Gasteiger partial charge in [-0.25, -0.2) is 0 Å². The molecule has 0 saturated heterocycles. The first kappa shape index (κ1) is 12.7. The molecule has 1 N–H and O–H groups in total. The van der Waals surface area contributed by atoms with Crippen molar-refractivity contribution in [2.75, 3.05) is 6.54 Å². The maximum Gasteiger partial charge on any atom is 0.113 e. The van der Waals surface area contributed by atoms with Crippen LogP contribution in [-0.4, -0.2) is 17.8 Å². The molecule has 0 aliphatic heterocycles. The molecule has 0 bridgehead atoms. The minimum atomic E-state index is 0.622. The molecule has 15 heavy (non-hydrogen) atoms. The van der Waals surface area contributed by atoms with Crippen LogP contribution in [0.4, 0.5) is 0 Å². The first-order valence-corrected chi connectivity index (χ1v) is 6.64. The Hall–Kier alpha value is -0.410. The van der Waals surface area contributed by atoms with Crippen LogP contribution in [0, 0.1) is 0 Å². The van der Waals surface area contributed by atoms with Gasteiger partial charge in [-0.3, -0.25) is 0 Å². The number of thioether (sulfide) groups is 1. The number of hydrogen-bond acceptors (Lipinski definition) is 3. The Kier molecular flexibility index (Phi) is 5.88. The van der Waals surface area contributed by atoms with Crippen molar-refractivity contribution in [3.63, 3.8) is 0 Å². The molecule has 3 heteroatoms. The van der Waals surface area contributed by atoms with E-state index in [1.54, 1.807) is 6.26 Å². The normalized spacial score (nSPS) is 15.1. The SMILES string of the molecule is CCC(C)NCC(C)SCc1ccco1. The fraction of sp³-hybridized carbons (Fsp3) is 0.667. The largest absolute Gasteiger partial charge is 0.468 e. The van der Waals surface area contributed by atoms with Crippen LogP contribution in [-0.2, 0) is 5.75 Å². The molecule has 86 valence electrons. The van der Waals surface area contributed by atoms with Crippen molar-refractivity contribution < 1.29 is 4.42 Å². The fourth-order valence-corrected chi connectivity index (χ4v) is 2.02. The van der Waals surface area contributed by atoms with E-state index < -0.39 is 0 Å². The van der Waals surface area contributed by atoms with Crippen molar-refractivity contribution in [2.24, 2.45) is 0 Å². The summed E-state index contributed by atoms with van der Waals surface area (Å²) in [4.78, 5) is 0. The molecule has 2 unspecified atom stereocenters. The summed E-state index contributed by atoms with van der Waals surface area (Å²) in [7, 11) is 0. The lowest BCUT2D eigenvalue weighted by molar-refractivity contribution is 0.527. The van der Waals surface area contributed by atoms with Crippen LogP contribution < -0.4 is 5.32 Å². The summed E-state index contributed by atoms with van der Waals surface area (Å²) in [6.07, 6.45) is 2.92. The summed E-state index contributed by atoms with van der Waals surface area (Å²) in [5, 5.41) is 4.14. The van der Waals surface area contributed by atoms with Crippen molar-refractivity contribution in [3.8, 4) is 0 Å². The Morgan fingerprint density at radius 2 is 2.27 bits per heavy atom. The molecule has 0 radical (unpaired) electrons. The molecular weight excluding hydrogens is 206 g/mol. The predicted octanol–water partition coefficient (Wildman–Crippen LogP) is 3.29. The minimum Gasteiger partial charge on any atom is -0.468 e. The van der Waals surface area contributed by atoms with E-state index in [0.717, 1.165) is 18.1 Å². The molecule has 0 spiro atoms. The Balaban J connectivity index is 2.11. The van der Waals surface area contributed by atoms with Gasteiger partial charge in [0.15, 0.2) is 0 Å². The summed E-state index contributed by atoms with van der Waals surface area (Å²) in [5.74, 6) is 2.03. The van der Waals surface area contributed by atoms with E-state index in [1.807, 2.05) is 23.9 Å². The van der Waals surface area contributed by atoms with Crippen molar-refractivity contribution in [1.29, 1.82) is 0 Å². The Morgan fingerprint density at radius 1 is 1.47 bits per heavy atom. The van der Waals surface area contributed by atoms with Gasteiger partial charge in [-0.1, -0.05) is 13.8 Å². The third kappa shape index (κ3) is 5.28. The number of furan rings is 1. The Labute approximate surface area is 96.8 Å². The lowest BCUT2D eigenvalue weighted by Gasteiger charge is -2.15. The average Bonchev–Trinajstić information content (AvgIpc) is 2.75. The van der Waals surface area contributed by atoms with Crippen LogP contribution in [0.2, 0.25) is 0 Å². The molecule has 1 heterocycles. The fourth-order valence-electron chi connectivity index (χ4n) is 1.19. The van der Waals surface area contributed by atoms with Gasteiger partial charge in [-0.15, -0.1) is 11.8 Å². The molecule has 0 saturated carbocycles. The van der Waals surface area contributed by atoms with Gasteiger partial charge in [0.05, 0.1) is 12.0 Å². The van der Waals surface area contributed by atoms with Gasteiger partial charge < -0.3 is 9.73 Å². The third-order valence-corrected chi connectivity index (χ3v) is 3.64. The Morgan fingerprint density at radius 3 is 2.87 bits per heavy atom. The van der Waals surface area contributed by atoms with Crippen molar-refractivity contribution in [3.05, 3.63) is 24.2 Å². The van der Waals surface area contributed by atoms with Gasteiger partial charge in [0.1, 0.15) is 5.76 Å². The number of hydrogen-bond donors (Lipinski definition) is 1. The molecular formula is C12H21NOS. The quantitative estimate of drug-likeness (QED) is 0.774. The highest BCUT2D eigenvalue weighted by Gasteiger charge is 2.05. The molecule has 0 fully saturated rings. The summed E-state index contributed by atoms with van der Waals surface area (Å²) in [5.41, 5.74) is 0. The van der Waals surface area contributed by atoms with Crippen LogP contribution in [0.3, 0.4) is 0 Å². The molecule has 2 atom stereocenters. The summed E-state index contributed by atoms with van der Waals surface area (Å²) < 4.78 is 5.29. The Bertz CT molecular complexity index is 248. The van der Waals surface area contributed by atoms with Crippen LogP contribution in [0.25, 0.3) is 0 Å². The number of rotatable bonds is 7. The zero-order valence-corrected chi connectivity index (χ0v) is 10.6. The maximum atomic E-state index is 5.29. The summed E-state index contributed by atoms with van der Waals surface area (Å²) >= 11 is 1.93. The number of nitrogens with one attached hydrogen (secondary N) is 1. The van der Waals surface area contributed by atoms with Gasteiger partial charge >= 0.3 is 0 Å². The highest BCUT2D eigenvalue weighted by atomic mass is 32.2. The van der Waals surface area contributed by atoms with Crippen molar-refractivity contribution >= 4 is 11.8 Å². The minimum absolute atomic E-state index is 0.622. The molecule has 0 aliphatic carbocycles. The van der Waals surface area contributed by atoms with Crippen molar-refractivity contribution in [1.82, 2.24) is 5.32 Å². The van der Waals surface area contributed by atoms with E-state index in [2.05, 4.69) is 26.1 Å². The van der Waals surface area contributed by atoms with Crippen LogP contribution >= 0.6 is 11.8 Å². The second kappa shape index (κ2) is 6.96. The molecule has 2 nitrogen and oxygen atoms in total.